The van der Waals surface area contributed by atoms with E-state index in [-0.39, 0.29) is 17.0 Å². The normalized spacial score (nSPS) is 11.3. The number of hydrogen-bond acceptors (Lipinski definition) is 0. The van der Waals surface area contributed by atoms with E-state index in [4.69, 9.17) is 0 Å². The Labute approximate surface area is 128 Å². The molecule has 0 atom stereocenters. The molecule has 0 aliphatic heterocycles. The van der Waals surface area contributed by atoms with Crippen LogP contribution in [-0.2, 0) is 0 Å². The van der Waals surface area contributed by atoms with E-state index in [0.717, 1.165) is 0 Å². The summed E-state index contributed by atoms with van der Waals surface area (Å²) in [5.41, 5.74) is 0. The first kappa shape index (κ1) is 21.2. The van der Waals surface area contributed by atoms with Crippen molar-refractivity contribution in [3.63, 3.8) is 0 Å². The van der Waals surface area contributed by atoms with E-state index < -0.39 is 7.26 Å². The molecule has 0 N–H and O–H groups in total. The highest BCUT2D eigenvalue weighted by molar-refractivity contribution is 7.74. The first-order valence-electron chi connectivity index (χ1n) is 7.94. The molecule has 0 aromatic rings. The zero-order valence-corrected chi connectivity index (χ0v) is 15.8. The van der Waals surface area contributed by atoms with Crippen molar-refractivity contribution < 1.29 is 17.0 Å². The zero-order valence-electron chi connectivity index (χ0n) is 13.3. The molecule has 0 saturated heterocycles. The molecule has 112 valence electrons. The highest BCUT2D eigenvalue weighted by atomic mass is 79.9. The number of halogens is 1. The van der Waals surface area contributed by atoms with Gasteiger partial charge in [-0.05, 0) is 19.8 Å². The maximum Gasteiger partial charge on any atom is 0.0588 e. The van der Waals surface area contributed by atoms with Gasteiger partial charge < -0.3 is 17.0 Å². The smallest absolute Gasteiger partial charge is 0.0588 e. The molecule has 0 fully saturated rings. The summed E-state index contributed by atoms with van der Waals surface area (Å²) in [6.07, 6.45) is 17.6. The second kappa shape index (κ2) is 14.3. The molecule has 18 heavy (non-hydrogen) atoms. The lowest BCUT2D eigenvalue weighted by Gasteiger charge is -2.15. The van der Waals surface area contributed by atoms with Gasteiger partial charge in [0.05, 0.1) is 12.3 Å². The summed E-state index contributed by atoms with van der Waals surface area (Å²) >= 11 is 0. The minimum atomic E-state index is -0.497. The van der Waals surface area contributed by atoms with Crippen LogP contribution in [0.3, 0.4) is 0 Å². The summed E-state index contributed by atoms with van der Waals surface area (Å²) in [4.78, 5) is 0. The van der Waals surface area contributed by atoms with Gasteiger partial charge in [0, 0.05) is 20.6 Å². The molecule has 0 aromatic heterocycles. The molecule has 0 rings (SSSR count). The van der Waals surface area contributed by atoms with Gasteiger partial charge in [0.15, 0.2) is 0 Å². The third-order valence-corrected chi connectivity index (χ3v) is 7.21. The van der Waals surface area contributed by atoms with E-state index in [2.05, 4.69) is 27.2 Å². The SMILES string of the molecule is CCCCCCCCCCCC[P+](C)(C)CC.[Br-]. The fraction of sp³-hybridized carbons (Fsp3) is 1.00. The highest BCUT2D eigenvalue weighted by Crippen LogP contribution is 2.51. The van der Waals surface area contributed by atoms with Gasteiger partial charge in [0.1, 0.15) is 0 Å². The minimum Gasteiger partial charge on any atom is -1.00 e. The standard InChI is InChI=1S/C16H36P.BrH/c1-5-7-8-9-10-11-12-13-14-15-16-17(3,4)6-2;/h5-16H2,1-4H3;1H/q+1;/p-1. The Morgan fingerprint density at radius 2 is 1.00 bits per heavy atom. The average molecular weight is 339 g/mol. The van der Waals surface area contributed by atoms with Crippen LogP contribution >= 0.6 is 7.26 Å². The quantitative estimate of drug-likeness (QED) is 0.378. The highest BCUT2D eigenvalue weighted by Gasteiger charge is 2.20. The number of hydrogen-bond donors (Lipinski definition) is 0. The van der Waals surface area contributed by atoms with Crippen LogP contribution in [0.2, 0.25) is 0 Å². The van der Waals surface area contributed by atoms with Crippen LogP contribution in [0, 0.1) is 0 Å². The van der Waals surface area contributed by atoms with E-state index in [1.54, 1.807) is 0 Å². The van der Waals surface area contributed by atoms with Gasteiger partial charge >= 0.3 is 0 Å². The summed E-state index contributed by atoms with van der Waals surface area (Å²) in [7, 11) is -0.497. The van der Waals surface area contributed by atoms with Gasteiger partial charge in [0.25, 0.3) is 0 Å². The van der Waals surface area contributed by atoms with Crippen LogP contribution in [0.1, 0.15) is 78.1 Å². The van der Waals surface area contributed by atoms with E-state index in [1.165, 1.54) is 76.5 Å². The maximum atomic E-state index is 2.51. The zero-order chi connectivity index (χ0) is 13.0. The lowest BCUT2D eigenvalue weighted by Crippen LogP contribution is -3.00. The molecule has 0 aromatic carbocycles. The average Bonchev–Trinajstić information content (AvgIpc) is 2.31. The summed E-state index contributed by atoms with van der Waals surface area (Å²) in [6, 6.07) is 0. The molecule has 0 bridgehead atoms. The predicted octanol–water partition coefficient (Wildman–Crippen LogP) is 3.21. The van der Waals surface area contributed by atoms with Crippen LogP contribution in [0.5, 0.6) is 0 Å². The fourth-order valence-electron chi connectivity index (χ4n) is 2.19. The van der Waals surface area contributed by atoms with Crippen molar-refractivity contribution in [2.45, 2.75) is 78.1 Å². The fourth-order valence-corrected chi connectivity index (χ4v) is 3.58. The van der Waals surface area contributed by atoms with Crippen LogP contribution < -0.4 is 17.0 Å². The van der Waals surface area contributed by atoms with Crippen LogP contribution in [0.15, 0.2) is 0 Å². The van der Waals surface area contributed by atoms with Gasteiger partial charge in [-0.1, -0.05) is 58.3 Å². The Balaban J connectivity index is 0. The minimum absolute atomic E-state index is 0. The molecule has 0 spiro atoms. The van der Waals surface area contributed by atoms with Gasteiger partial charge in [-0.15, -0.1) is 0 Å². The van der Waals surface area contributed by atoms with E-state index >= 15 is 0 Å². The van der Waals surface area contributed by atoms with Crippen molar-refractivity contribution in [3.05, 3.63) is 0 Å². The number of rotatable bonds is 12. The van der Waals surface area contributed by atoms with Gasteiger partial charge in [-0.3, -0.25) is 0 Å². The van der Waals surface area contributed by atoms with Gasteiger partial charge in [-0.25, -0.2) is 0 Å². The largest absolute Gasteiger partial charge is 1.00 e. The predicted molar refractivity (Wildman–Crippen MR) is 86.0 cm³/mol. The molecule has 0 nitrogen and oxygen atoms in total. The Morgan fingerprint density at radius 3 is 1.39 bits per heavy atom. The Kier molecular flexibility index (Phi) is 16.9. The molecule has 2 heteroatoms. The molecule has 0 aliphatic carbocycles. The number of unbranched alkanes of at least 4 members (excludes halogenated alkanes) is 9. The summed E-state index contributed by atoms with van der Waals surface area (Å²) in [5, 5.41) is 0. The third-order valence-electron chi connectivity index (χ3n) is 3.97. The molecular weight excluding hydrogens is 303 g/mol. The van der Waals surface area contributed by atoms with E-state index in [9.17, 15) is 0 Å². The van der Waals surface area contributed by atoms with E-state index in [0.29, 0.717) is 0 Å². The van der Waals surface area contributed by atoms with Crippen LogP contribution in [-0.4, -0.2) is 25.7 Å². The Hall–Kier alpha value is 0.910. The summed E-state index contributed by atoms with van der Waals surface area (Å²) in [6.45, 7) is 9.69. The van der Waals surface area contributed by atoms with E-state index in [1.807, 2.05) is 0 Å². The van der Waals surface area contributed by atoms with Crippen molar-refractivity contribution in [1.82, 2.24) is 0 Å². The van der Waals surface area contributed by atoms with Gasteiger partial charge in [0.2, 0.25) is 0 Å². The lowest BCUT2D eigenvalue weighted by atomic mass is 10.1. The first-order valence-corrected chi connectivity index (χ1v) is 11.0. The topological polar surface area (TPSA) is 0 Å². The van der Waals surface area contributed by atoms with Crippen molar-refractivity contribution in [3.8, 4) is 0 Å². The summed E-state index contributed by atoms with van der Waals surface area (Å²) in [5.74, 6) is 0. The third kappa shape index (κ3) is 15.0. The van der Waals surface area contributed by atoms with Crippen molar-refractivity contribution in [2.24, 2.45) is 0 Å². The monoisotopic (exact) mass is 338 g/mol. The first-order chi connectivity index (χ1) is 8.12. The Bertz CT molecular complexity index is 157. The van der Waals surface area contributed by atoms with Crippen molar-refractivity contribution >= 4 is 7.26 Å². The second-order valence-electron chi connectivity index (χ2n) is 6.16. The van der Waals surface area contributed by atoms with Crippen LogP contribution in [0.25, 0.3) is 0 Å². The van der Waals surface area contributed by atoms with Crippen molar-refractivity contribution in [2.75, 3.05) is 25.7 Å². The van der Waals surface area contributed by atoms with Gasteiger partial charge in [-0.2, -0.15) is 0 Å². The molecule has 0 radical (unpaired) electrons. The maximum absolute atomic E-state index is 2.51. The van der Waals surface area contributed by atoms with Crippen molar-refractivity contribution in [1.29, 1.82) is 0 Å². The molecular formula is C16H36BrP. The van der Waals surface area contributed by atoms with Crippen LogP contribution in [0.4, 0.5) is 0 Å². The lowest BCUT2D eigenvalue weighted by molar-refractivity contribution is -0.00000407. The molecule has 0 heterocycles. The molecule has 0 saturated carbocycles. The molecule has 0 amide bonds. The molecule has 0 unspecified atom stereocenters. The Morgan fingerprint density at radius 1 is 0.611 bits per heavy atom. The second-order valence-corrected chi connectivity index (χ2v) is 11.1. The summed E-state index contributed by atoms with van der Waals surface area (Å²) < 4.78 is 0. The molecule has 0 aliphatic rings.